The lowest BCUT2D eigenvalue weighted by Crippen LogP contribution is -2.22. The molecule has 0 spiro atoms. The number of ether oxygens (including phenoxy) is 3. The van der Waals surface area contributed by atoms with E-state index in [9.17, 15) is 10.1 Å². The highest BCUT2D eigenvalue weighted by Crippen LogP contribution is 2.35. The van der Waals surface area contributed by atoms with Crippen LogP contribution in [0.15, 0.2) is 23.2 Å². The van der Waals surface area contributed by atoms with Crippen LogP contribution in [0.1, 0.15) is 37.7 Å². The van der Waals surface area contributed by atoms with Crippen LogP contribution in [0.25, 0.3) is 10.9 Å². The van der Waals surface area contributed by atoms with Crippen LogP contribution in [-0.4, -0.2) is 36.0 Å². The molecule has 0 saturated heterocycles. The normalized spacial score (nSPS) is 16.7. The maximum Gasteiger partial charge on any atom is 0.316 e. The summed E-state index contributed by atoms with van der Waals surface area (Å²) in [5, 5.41) is 10.8. The Hall–Kier alpha value is -2.46. The Morgan fingerprint density at radius 2 is 1.93 bits per heavy atom. The van der Waals surface area contributed by atoms with Crippen molar-refractivity contribution in [3.8, 4) is 17.6 Å². The number of carbonyl (C=O) groups is 1. The molecule has 27 heavy (non-hydrogen) atoms. The summed E-state index contributed by atoms with van der Waals surface area (Å²) in [6.07, 6.45) is 5.38. The third-order valence-corrected chi connectivity index (χ3v) is 5.71. The lowest BCUT2D eigenvalue weighted by atomic mass is 9.98. The van der Waals surface area contributed by atoms with Crippen LogP contribution in [0.3, 0.4) is 0 Å². The number of hydrogen-bond acceptors (Lipinski definition) is 7. The first-order chi connectivity index (χ1) is 13.2. The molecule has 1 aliphatic carbocycles. The van der Waals surface area contributed by atoms with Crippen LogP contribution in [0.5, 0.6) is 11.5 Å². The van der Waals surface area contributed by atoms with Gasteiger partial charge in [-0.15, -0.1) is 0 Å². The summed E-state index contributed by atoms with van der Waals surface area (Å²) in [4.78, 5) is 16.7. The Bertz CT molecular complexity index is 903. The standard InChI is InChI=1S/C20H20N2O4S/c21-11-14-8-13-9-17-18(25-7-6-24-17)10-16(13)22-20(14)27-12-19(23)26-15-4-2-1-3-5-15/h8-10,15H,1-7,12H2. The minimum atomic E-state index is -0.250. The molecule has 0 N–H and O–H groups in total. The maximum atomic E-state index is 12.1. The molecule has 2 aliphatic rings. The molecule has 0 radical (unpaired) electrons. The van der Waals surface area contributed by atoms with E-state index in [1.165, 1.54) is 18.2 Å². The second kappa shape index (κ2) is 8.05. The molecule has 0 bridgehead atoms. The van der Waals surface area contributed by atoms with Gasteiger partial charge in [0.05, 0.1) is 16.8 Å². The summed E-state index contributed by atoms with van der Waals surface area (Å²) in [6.45, 7) is 1.01. The zero-order chi connectivity index (χ0) is 18.6. The Morgan fingerprint density at radius 3 is 2.67 bits per heavy atom. The third-order valence-electron chi connectivity index (χ3n) is 4.74. The van der Waals surface area contributed by atoms with E-state index in [4.69, 9.17) is 14.2 Å². The fourth-order valence-corrected chi connectivity index (χ4v) is 4.16. The Labute approximate surface area is 161 Å². The molecule has 1 aliphatic heterocycles. The first-order valence-electron chi connectivity index (χ1n) is 9.20. The van der Waals surface area contributed by atoms with Crippen LogP contribution in [0, 0.1) is 11.3 Å². The van der Waals surface area contributed by atoms with Gasteiger partial charge < -0.3 is 14.2 Å². The third kappa shape index (κ3) is 4.11. The highest BCUT2D eigenvalue weighted by Gasteiger charge is 2.19. The lowest BCUT2D eigenvalue weighted by Gasteiger charge is -2.21. The summed E-state index contributed by atoms with van der Waals surface area (Å²) in [5.41, 5.74) is 1.15. The summed E-state index contributed by atoms with van der Waals surface area (Å²) in [5.74, 6) is 1.21. The quantitative estimate of drug-likeness (QED) is 0.585. The Balaban J connectivity index is 1.50. The van der Waals surface area contributed by atoms with Crippen molar-refractivity contribution in [1.29, 1.82) is 5.26 Å². The number of nitrogens with zero attached hydrogens (tertiary/aromatic N) is 2. The molecule has 1 saturated carbocycles. The van der Waals surface area contributed by atoms with E-state index in [1.54, 1.807) is 6.07 Å². The topological polar surface area (TPSA) is 81.4 Å². The second-order valence-electron chi connectivity index (χ2n) is 6.68. The zero-order valence-corrected chi connectivity index (χ0v) is 15.7. The van der Waals surface area contributed by atoms with E-state index in [-0.39, 0.29) is 17.8 Å². The van der Waals surface area contributed by atoms with E-state index in [0.717, 1.165) is 31.1 Å². The number of aromatic nitrogens is 1. The summed E-state index contributed by atoms with van der Waals surface area (Å²) in [6, 6.07) is 7.59. The molecular weight excluding hydrogens is 364 g/mol. The summed E-state index contributed by atoms with van der Waals surface area (Å²) in [7, 11) is 0. The minimum Gasteiger partial charge on any atom is -0.486 e. The van der Waals surface area contributed by atoms with Crippen molar-refractivity contribution in [1.82, 2.24) is 4.98 Å². The number of thioether (sulfide) groups is 1. The number of rotatable bonds is 4. The average Bonchev–Trinajstić information content (AvgIpc) is 2.70. The smallest absolute Gasteiger partial charge is 0.316 e. The zero-order valence-electron chi connectivity index (χ0n) is 14.9. The van der Waals surface area contributed by atoms with Crippen molar-refractivity contribution in [2.75, 3.05) is 19.0 Å². The van der Waals surface area contributed by atoms with E-state index in [1.807, 2.05) is 12.1 Å². The molecule has 1 aromatic carbocycles. The van der Waals surface area contributed by atoms with Gasteiger partial charge in [-0.25, -0.2) is 4.98 Å². The molecule has 0 amide bonds. The van der Waals surface area contributed by atoms with Crippen LogP contribution >= 0.6 is 11.8 Å². The number of esters is 1. The van der Waals surface area contributed by atoms with Gasteiger partial charge in [0.25, 0.3) is 0 Å². The van der Waals surface area contributed by atoms with Gasteiger partial charge in [-0.1, -0.05) is 18.2 Å². The van der Waals surface area contributed by atoms with Gasteiger partial charge in [-0.3, -0.25) is 4.79 Å². The van der Waals surface area contributed by atoms with Crippen LogP contribution < -0.4 is 9.47 Å². The predicted octanol–water partition coefficient (Wildman–Crippen LogP) is 3.85. The Morgan fingerprint density at radius 1 is 1.19 bits per heavy atom. The summed E-state index contributed by atoms with van der Waals surface area (Å²) < 4.78 is 16.7. The molecule has 140 valence electrons. The maximum absolute atomic E-state index is 12.1. The lowest BCUT2D eigenvalue weighted by molar-refractivity contribution is -0.147. The van der Waals surface area contributed by atoms with Crippen molar-refractivity contribution < 1.29 is 19.0 Å². The SMILES string of the molecule is N#Cc1cc2cc3c(cc2nc1SCC(=O)OC1CCCCC1)OCCO3. The van der Waals surface area contributed by atoms with Gasteiger partial charge in [-0.05, 0) is 37.8 Å². The van der Waals surface area contributed by atoms with Crippen molar-refractivity contribution in [2.24, 2.45) is 0 Å². The molecule has 0 unspecified atom stereocenters. The fraction of sp³-hybridized carbons (Fsp3) is 0.450. The second-order valence-corrected chi connectivity index (χ2v) is 7.64. The van der Waals surface area contributed by atoms with Gasteiger partial charge in [0, 0.05) is 11.5 Å². The van der Waals surface area contributed by atoms with Crippen molar-refractivity contribution in [3.63, 3.8) is 0 Å². The minimum absolute atomic E-state index is 0.0375. The number of hydrogen-bond donors (Lipinski definition) is 0. The van der Waals surface area contributed by atoms with E-state index >= 15 is 0 Å². The average molecular weight is 384 g/mol. The number of benzene rings is 1. The van der Waals surface area contributed by atoms with Gasteiger partial charge in [0.15, 0.2) is 11.5 Å². The Kier molecular flexibility index (Phi) is 5.35. The fourth-order valence-electron chi connectivity index (χ4n) is 3.41. The molecule has 2 heterocycles. The molecule has 2 aromatic rings. The molecule has 1 aromatic heterocycles. The molecule has 0 atom stereocenters. The van der Waals surface area contributed by atoms with Crippen molar-refractivity contribution >= 4 is 28.6 Å². The largest absolute Gasteiger partial charge is 0.486 e. The number of fused-ring (bicyclic) bond motifs is 2. The highest BCUT2D eigenvalue weighted by molar-refractivity contribution is 7.99. The predicted molar refractivity (Wildman–Crippen MR) is 101 cm³/mol. The summed E-state index contributed by atoms with van der Waals surface area (Å²) >= 11 is 1.24. The molecule has 7 heteroatoms. The van der Waals surface area contributed by atoms with E-state index < -0.39 is 0 Å². The van der Waals surface area contributed by atoms with Gasteiger partial charge in [-0.2, -0.15) is 5.26 Å². The number of pyridine rings is 1. The van der Waals surface area contributed by atoms with Gasteiger partial charge in [0.1, 0.15) is 30.4 Å². The van der Waals surface area contributed by atoms with Crippen LogP contribution in [0.2, 0.25) is 0 Å². The first-order valence-corrected chi connectivity index (χ1v) is 10.2. The van der Waals surface area contributed by atoms with E-state index in [0.29, 0.717) is 40.8 Å². The molecule has 6 nitrogen and oxygen atoms in total. The van der Waals surface area contributed by atoms with Crippen molar-refractivity contribution in [2.45, 2.75) is 43.2 Å². The van der Waals surface area contributed by atoms with Crippen LogP contribution in [-0.2, 0) is 9.53 Å². The molecule has 1 fully saturated rings. The van der Waals surface area contributed by atoms with E-state index in [2.05, 4.69) is 11.1 Å². The molecule has 4 rings (SSSR count). The first kappa shape index (κ1) is 17.9. The van der Waals surface area contributed by atoms with Gasteiger partial charge >= 0.3 is 5.97 Å². The number of nitriles is 1. The number of carbonyl (C=O) groups excluding carboxylic acids is 1. The van der Waals surface area contributed by atoms with Crippen LogP contribution in [0.4, 0.5) is 0 Å². The van der Waals surface area contributed by atoms with Crippen molar-refractivity contribution in [3.05, 3.63) is 23.8 Å². The molecular formula is C20H20N2O4S. The highest BCUT2D eigenvalue weighted by atomic mass is 32.2. The monoisotopic (exact) mass is 384 g/mol. The van der Waals surface area contributed by atoms with Gasteiger partial charge in [0.2, 0.25) is 0 Å².